The molecule has 0 unspecified atom stereocenters. The molecule has 2 aromatic carbocycles. The zero-order valence-electron chi connectivity index (χ0n) is 11.6. The number of aromatic hydroxyl groups is 2. The number of halogens is 1. The predicted molar refractivity (Wildman–Crippen MR) is 85.6 cm³/mol. The third-order valence-electron chi connectivity index (χ3n) is 3.09. The summed E-state index contributed by atoms with van der Waals surface area (Å²) >= 11 is 5.10. The van der Waals surface area contributed by atoms with Crippen molar-refractivity contribution in [2.24, 2.45) is 5.10 Å². The summed E-state index contributed by atoms with van der Waals surface area (Å²) in [6.45, 7) is 0. The number of aromatic nitrogens is 3. The van der Waals surface area contributed by atoms with Crippen LogP contribution in [0.3, 0.4) is 0 Å². The molecule has 0 saturated carbocycles. The summed E-state index contributed by atoms with van der Waals surface area (Å²) in [5.41, 5.74) is 0.786. The molecule has 0 aliphatic carbocycles. The Bertz CT molecular complexity index is 949. The number of phenols is 2. The van der Waals surface area contributed by atoms with Crippen LogP contribution in [0.5, 0.6) is 11.5 Å². The minimum absolute atomic E-state index is 0.197. The van der Waals surface area contributed by atoms with Gasteiger partial charge in [-0.3, -0.25) is 0 Å². The van der Waals surface area contributed by atoms with Gasteiger partial charge in [0.25, 0.3) is 0 Å². The largest absolute Gasteiger partial charge is 0.504 e. The maximum atomic E-state index is 13.9. The van der Waals surface area contributed by atoms with Gasteiger partial charge in [0.2, 0.25) is 4.77 Å². The Morgan fingerprint density at radius 1 is 1.17 bits per heavy atom. The number of H-pyrrole nitrogens is 1. The lowest BCUT2D eigenvalue weighted by atomic mass is 10.2. The zero-order valence-corrected chi connectivity index (χ0v) is 12.5. The molecule has 3 rings (SSSR count). The minimum atomic E-state index is -0.444. The van der Waals surface area contributed by atoms with Gasteiger partial charge in [-0.05, 0) is 48.1 Å². The molecule has 6 nitrogen and oxygen atoms in total. The Kier molecular flexibility index (Phi) is 3.90. The van der Waals surface area contributed by atoms with E-state index < -0.39 is 5.82 Å². The zero-order chi connectivity index (χ0) is 16.4. The molecule has 8 heteroatoms. The van der Waals surface area contributed by atoms with Crippen LogP contribution in [0, 0.1) is 10.6 Å². The van der Waals surface area contributed by atoms with Crippen molar-refractivity contribution in [2.75, 3.05) is 0 Å². The second-order valence-electron chi connectivity index (χ2n) is 4.64. The molecule has 1 heterocycles. The maximum absolute atomic E-state index is 13.9. The van der Waals surface area contributed by atoms with E-state index in [2.05, 4.69) is 15.3 Å². The van der Waals surface area contributed by atoms with Crippen molar-refractivity contribution in [1.82, 2.24) is 14.9 Å². The Hall–Kier alpha value is -3.00. The molecule has 0 radical (unpaired) electrons. The van der Waals surface area contributed by atoms with Crippen LogP contribution >= 0.6 is 12.2 Å². The van der Waals surface area contributed by atoms with Gasteiger partial charge in [0.05, 0.1) is 11.8 Å². The third-order valence-corrected chi connectivity index (χ3v) is 3.35. The first kappa shape index (κ1) is 14.9. The first-order valence-corrected chi connectivity index (χ1v) is 6.96. The number of benzene rings is 2. The van der Waals surface area contributed by atoms with Crippen LogP contribution in [0.2, 0.25) is 0 Å². The second kappa shape index (κ2) is 6.01. The van der Waals surface area contributed by atoms with Crippen molar-refractivity contribution < 1.29 is 14.6 Å². The fourth-order valence-electron chi connectivity index (χ4n) is 1.96. The van der Waals surface area contributed by atoms with Crippen molar-refractivity contribution >= 4 is 18.4 Å². The molecule has 1 aromatic heterocycles. The van der Waals surface area contributed by atoms with Crippen LogP contribution < -0.4 is 0 Å². The van der Waals surface area contributed by atoms with Crippen molar-refractivity contribution in [3.63, 3.8) is 0 Å². The first-order valence-electron chi connectivity index (χ1n) is 6.55. The summed E-state index contributed by atoms with van der Waals surface area (Å²) in [6, 6.07) is 10.4. The smallest absolute Gasteiger partial charge is 0.216 e. The number of hydrogen-bond acceptors (Lipinski definition) is 5. The number of phenolic OH excluding ortho intramolecular Hbond substituents is 2. The van der Waals surface area contributed by atoms with Crippen molar-refractivity contribution in [3.05, 3.63) is 58.6 Å². The van der Waals surface area contributed by atoms with Gasteiger partial charge in [-0.15, -0.1) is 0 Å². The van der Waals surface area contributed by atoms with E-state index in [0.29, 0.717) is 5.56 Å². The molecule has 0 atom stereocenters. The Labute approximate surface area is 135 Å². The van der Waals surface area contributed by atoms with E-state index in [1.165, 1.54) is 29.1 Å². The minimum Gasteiger partial charge on any atom is -0.504 e. The molecule has 0 aliphatic rings. The monoisotopic (exact) mass is 330 g/mol. The van der Waals surface area contributed by atoms with Gasteiger partial charge in [-0.25, -0.2) is 9.49 Å². The van der Waals surface area contributed by atoms with Crippen LogP contribution in [-0.2, 0) is 0 Å². The van der Waals surface area contributed by atoms with Gasteiger partial charge in [0, 0.05) is 0 Å². The highest BCUT2D eigenvalue weighted by atomic mass is 32.1. The molecule has 116 valence electrons. The summed E-state index contributed by atoms with van der Waals surface area (Å²) in [5.74, 6) is -0.708. The van der Waals surface area contributed by atoms with Crippen LogP contribution in [0.1, 0.15) is 5.56 Å². The number of nitrogens with one attached hydrogen (secondary N) is 1. The molecule has 0 bridgehead atoms. The van der Waals surface area contributed by atoms with Crippen LogP contribution in [0.25, 0.3) is 11.4 Å². The average molecular weight is 330 g/mol. The highest BCUT2D eigenvalue weighted by Crippen LogP contribution is 2.24. The van der Waals surface area contributed by atoms with Gasteiger partial charge in [0.1, 0.15) is 5.82 Å². The Morgan fingerprint density at radius 2 is 1.96 bits per heavy atom. The van der Waals surface area contributed by atoms with E-state index >= 15 is 0 Å². The number of rotatable bonds is 3. The third kappa shape index (κ3) is 2.97. The highest BCUT2D eigenvalue weighted by Gasteiger charge is 2.12. The van der Waals surface area contributed by atoms with E-state index in [4.69, 9.17) is 12.2 Å². The summed E-state index contributed by atoms with van der Waals surface area (Å²) < 4.78 is 15.4. The standard InChI is InChI=1S/C15H11FN4O2S/c16-11-4-2-1-3-10(11)14-18-19-15(23)20(14)17-8-9-5-6-12(21)13(22)7-9/h1-8,21-22H,(H,19,23)/b17-8+. The molecule has 0 saturated heterocycles. The topological polar surface area (TPSA) is 86.4 Å². The summed E-state index contributed by atoms with van der Waals surface area (Å²) in [5, 5.41) is 29.5. The molecule has 0 aliphatic heterocycles. The van der Waals surface area contributed by atoms with Crippen molar-refractivity contribution in [2.45, 2.75) is 0 Å². The fraction of sp³-hybridized carbons (Fsp3) is 0. The number of nitrogens with zero attached hydrogens (tertiary/aromatic N) is 3. The predicted octanol–water partition coefficient (Wildman–Crippen LogP) is 3.04. The normalized spacial score (nSPS) is 11.2. The van der Waals surface area contributed by atoms with E-state index in [-0.39, 0.29) is 27.7 Å². The second-order valence-corrected chi connectivity index (χ2v) is 5.02. The van der Waals surface area contributed by atoms with Gasteiger partial charge >= 0.3 is 0 Å². The molecule has 23 heavy (non-hydrogen) atoms. The SMILES string of the molecule is Oc1ccc(/C=N/n2c(-c3ccccc3F)n[nH]c2=S)cc1O. The van der Waals surface area contributed by atoms with E-state index in [1.54, 1.807) is 24.3 Å². The lowest BCUT2D eigenvalue weighted by Gasteiger charge is -2.02. The summed E-state index contributed by atoms with van der Waals surface area (Å²) in [4.78, 5) is 0. The molecule has 0 spiro atoms. The van der Waals surface area contributed by atoms with Crippen molar-refractivity contribution in [1.29, 1.82) is 0 Å². The van der Waals surface area contributed by atoms with Crippen LogP contribution in [0.4, 0.5) is 4.39 Å². The Balaban J connectivity index is 2.02. The van der Waals surface area contributed by atoms with E-state index in [1.807, 2.05) is 0 Å². The lowest BCUT2D eigenvalue weighted by molar-refractivity contribution is 0.403. The highest BCUT2D eigenvalue weighted by molar-refractivity contribution is 7.71. The molecule has 3 N–H and O–H groups in total. The fourth-order valence-corrected chi connectivity index (χ4v) is 2.14. The van der Waals surface area contributed by atoms with Gasteiger partial charge in [-0.2, -0.15) is 14.9 Å². The average Bonchev–Trinajstić information content (AvgIpc) is 2.90. The molecular formula is C15H11FN4O2S. The molecule has 3 aromatic rings. The molecule has 0 amide bonds. The van der Waals surface area contributed by atoms with Gasteiger partial charge < -0.3 is 10.2 Å². The first-order chi connectivity index (χ1) is 11.1. The van der Waals surface area contributed by atoms with Crippen molar-refractivity contribution in [3.8, 4) is 22.9 Å². The van der Waals surface area contributed by atoms with Crippen LogP contribution in [-0.4, -0.2) is 31.3 Å². The quantitative estimate of drug-likeness (QED) is 0.391. The van der Waals surface area contributed by atoms with E-state index in [0.717, 1.165) is 0 Å². The summed E-state index contributed by atoms with van der Waals surface area (Å²) in [7, 11) is 0. The lowest BCUT2D eigenvalue weighted by Crippen LogP contribution is -1.96. The maximum Gasteiger partial charge on any atom is 0.216 e. The van der Waals surface area contributed by atoms with Gasteiger partial charge in [-0.1, -0.05) is 12.1 Å². The van der Waals surface area contributed by atoms with E-state index in [9.17, 15) is 14.6 Å². The molecule has 0 fully saturated rings. The number of aromatic amines is 1. The van der Waals surface area contributed by atoms with Crippen LogP contribution in [0.15, 0.2) is 47.6 Å². The molecular weight excluding hydrogens is 319 g/mol. The number of hydrogen-bond donors (Lipinski definition) is 3. The summed E-state index contributed by atoms with van der Waals surface area (Å²) in [6.07, 6.45) is 1.41. The van der Waals surface area contributed by atoms with Gasteiger partial charge in [0.15, 0.2) is 17.3 Å². The Morgan fingerprint density at radius 3 is 2.70 bits per heavy atom.